The molecule has 1 unspecified atom stereocenters. The second-order valence-electron chi connectivity index (χ2n) is 7.85. The topological polar surface area (TPSA) is 78.8 Å². The SMILES string of the molecule is CCC(CC)n1cc(C(=O)NC2COc3ccccc32)c2cc(OC)c(OC)cc2c1=O. The van der Waals surface area contributed by atoms with E-state index in [-0.39, 0.29) is 23.6 Å². The van der Waals surface area contributed by atoms with Crippen molar-refractivity contribution in [3.8, 4) is 17.2 Å². The smallest absolute Gasteiger partial charge is 0.258 e. The Morgan fingerprint density at radius 1 is 1.12 bits per heavy atom. The maximum atomic E-state index is 13.5. The lowest BCUT2D eigenvalue weighted by atomic mass is 10.0. The largest absolute Gasteiger partial charge is 0.493 e. The molecule has 0 spiro atoms. The first-order valence-corrected chi connectivity index (χ1v) is 10.9. The standard InChI is InChI=1S/C25H28N2O5/c1-5-15(6-2)27-13-19(17-11-22(30-3)23(31-4)12-18(17)25(27)29)24(28)26-20-14-32-21-10-8-7-9-16(20)21/h7-13,15,20H,5-6,14H2,1-4H3,(H,26,28). The molecule has 4 rings (SSSR count). The fourth-order valence-electron chi connectivity index (χ4n) is 4.34. The van der Waals surface area contributed by atoms with Gasteiger partial charge in [0.05, 0.1) is 31.2 Å². The number of amides is 1. The van der Waals surface area contributed by atoms with Crippen LogP contribution in [0.1, 0.15) is 54.7 Å². The lowest BCUT2D eigenvalue weighted by Gasteiger charge is -2.21. The summed E-state index contributed by atoms with van der Waals surface area (Å²) in [5.74, 6) is 1.41. The van der Waals surface area contributed by atoms with Gasteiger partial charge in [-0.05, 0) is 31.0 Å². The molecule has 1 N–H and O–H groups in total. The first-order valence-electron chi connectivity index (χ1n) is 10.9. The fraction of sp³-hybridized carbons (Fsp3) is 0.360. The second kappa shape index (κ2) is 8.94. The summed E-state index contributed by atoms with van der Waals surface area (Å²) < 4.78 is 18.2. The third-order valence-electron chi connectivity index (χ3n) is 6.13. The molecule has 0 aliphatic carbocycles. The van der Waals surface area contributed by atoms with Gasteiger partial charge in [0.1, 0.15) is 12.4 Å². The van der Waals surface area contributed by atoms with Crippen LogP contribution in [0.5, 0.6) is 17.2 Å². The molecule has 7 heteroatoms. The minimum absolute atomic E-state index is 0.0120. The maximum Gasteiger partial charge on any atom is 0.258 e. The zero-order valence-corrected chi connectivity index (χ0v) is 18.8. The first-order chi connectivity index (χ1) is 15.5. The third-order valence-corrected chi connectivity index (χ3v) is 6.13. The molecule has 3 aromatic rings. The van der Waals surface area contributed by atoms with Crippen LogP contribution in [0.3, 0.4) is 0 Å². The van der Waals surface area contributed by atoms with Gasteiger partial charge in [0.2, 0.25) is 0 Å². The van der Waals surface area contributed by atoms with E-state index in [4.69, 9.17) is 14.2 Å². The number of methoxy groups -OCH3 is 2. The summed E-state index contributed by atoms with van der Waals surface area (Å²) in [5.41, 5.74) is 1.20. The highest BCUT2D eigenvalue weighted by molar-refractivity contribution is 6.07. The van der Waals surface area contributed by atoms with Gasteiger partial charge in [-0.15, -0.1) is 0 Å². The van der Waals surface area contributed by atoms with E-state index >= 15 is 0 Å². The van der Waals surface area contributed by atoms with E-state index in [0.717, 1.165) is 24.2 Å². The van der Waals surface area contributed by atoms with Crippen LogP contribution in [0.15, 0.2) is 47.4 Å². The summed E-state index contributed by atoms with van der Waals surface area (Å²) in [5, 5.41) is 4.03. The number of hydrogen-bond acceptors (Lipinski definition) is 5. The van der Waals surface area contributed by atoms with Gasteiger partial charge in [-0.1, -0.05) is 32.0 Å². The molecule has 2 heterocycles. The lowest BCUT2D eigenvalue weighted by Crippen LogP contribution is -2.32. The zero-order chi connectivity index (χ0) is 22.8. The van der Waals surface area contributed by atoms with Crippen LogP contribution >= 0.6 is 0 Å². The molecule has 168 valence electrons. The minimum Gasteiger partial charge on any atom is -0.493 e. The molecule has 0 bridgehead atoms. The summed E-state index contributed by atoms with van der Waals surface area (Å²) in [6.07, 6.45) is 3.23. The predicted octanol–water partition coefficient (Wildman–Crippen LogP) is 4.24. The van der Waals surface area contributed by atoms with Crippen LogP contribution in [0.4, 0.5) is 0 Å². The number of ether oxygens (including phenoxy) is 3. The molecule has 0 saturated heterocycles. The number of nitrogens with zero attached hydrogens (tertiary/aromatic N) is 1. The van der Waals surface area contributed by atoms with Crippen LogP contribution in [-0.2, 0) is 0 Å². The average Bonchev–Trinajstić information content (AvgIpc) is 3.23. The Kier molecular flexibility index (Phi) is 6.08. The summed E-state index contributed by atoms with van der Waals surface area (Å²) in [6.45, 7) is 4.43. The van der Waals surface area contributed by atoms with Crippen LogP contribution in [0, 0.1) is 0 Å². The second-order valence-corrected chi connectivity index (χ2v) is 7.85. The van der Waals surface area contributed by atoms with Crippen molar-refractivity contribution in [3.63, 3.8) is 0 Å². The predicted molar refractivity (Wildman–Crippen MR) is 123 cm³/mol. The molecule has 2 aromatic carbocycles. The van der Waals surface area contributed by atoms with E-state index in [9.17, 15) is 9.59 Å². The Balaban J connectivity index is 1.85. The van der Waals surface area contributed by atoms with Gasteiger partial charge in [0, 0.05) is 23.2 Å². The molecular formula is C25H28N2O5. The molecule has 1 atom stereocenters. The Morgan fingerprint density at radius 2 is 1.78 bits per heavy atom. The maximum absolute atomic E-state index is 13.5. The quantitative estimate of drug-likeness (QED) is 0.599. The highest BCUT2D eigenvalue weighted by Gasteiger charge is 2.27. The number of para-hydroxylation sites is 1. The molecule has 32 heavy (non-hydrogen) atoms. The Labute approximate surface area is 186 Å². The molecule has 7 nitrogen and oxygen atoms in total. The summed E-state index contributed by atoms with van der Waals surface area (Å²) in [7, 11) is 3.05. The van der Waals surface area contributed by atoms with Gasteiger partial charge in [0.15, 0.2) is 11.5 Å². The van der Waals surface area contributed by atoms with Crippen LogP contribution in [0.25, 0.3) is 10.8 Å². The van der Waals surface area contributed by atoms with Crippen LogP contribution < -0.4 is 25.1 Å². The summed E-state index contributed by atoms with van der Waals surface area (Å²) in [6, 6.07) is 10.7. The van der Waals surface area contributed by atoms with Crippen LogP contribution in [-0.4, -0.2) is 31.3 Å². The molecule has 1 amide bonds. The van der Waals surface area contributed by atoms with Crippen molar-refractivity contribution in [3.05, 3.63) is 64.1 Å². The van der Waals surface area contributed by atoms with Crippen molar-refractivity contribution in [2.75, 3.05) is 20.8 Å². The van der Waals surface area contributed by atoms with E-state index in [1.807, 2.05) is 38.1 Å². The Morgan fingerprint density at radius 3 is 2.44 bits per heavy atom. The van der Waals surface area contributed by atoms with Gasteiger partial charge in [-0.2, -0.15) is 0 Å². The van der Waals surface area contributed by atoms with Gasteiger partial charge < -0.3 is 24.1 Å². The van der Waals surface area contributed by atoms with Crippen molar-refractivity contribution >= 4 is 16.7 Å². The van der Waals surface area contributed by atoms with Gasteiger partial charge in [-0.3, -0.25) is 9.59 Å². The van der Waals surface area contributed by atoms with Crippen molar-refractivity contribution in [2.24, 2.45) is 0 Å². The van der Waals surface area contributed by atoms with Gasteiger partial charge in [-0.25, -0.2) is 0 Å². The molecule has 0 fully saturated rings. The number of benzene rings is 2. The number of hydrogen-bond donors (Lipinski definition) is 1. The van der Waals surface area contributed by atoms with E-state index in [1.54, 1.807) is 22.9 Å². The number of fused-ring (bicyclic) bond motifs is 2. The average molecular weight is 437 g/mol. The molecule has 0 radical (unpaired) electrons. The van der Waals surface area contributed by atoms with Gasteiger partial charge >= 0.3 is 0 Å². The van der Waals surface area contributed by atoms with E-state index in [1.165, 1.54) is 14.2 Å². The van der Waals surface area contributed by atoms with Gasteiger partial charge in [0.25, 0.3) is 11.5 Å². The lowest BCUT2D eigenvalue weighted by molar-refractivity contribution is 0.0931. The van der Waals surface area contributed by atoms with Crippen molar-refractivity contribution in [1.82, 2.24) is 9.88 Å². The van der Waals surface area contributed by atoms with E-state index in [2.05, 4.69) is 5.32 Å². The summed E-state index contributed by atoms with van der Waals surface area (Å²) >= 11 is 0. The molecule has 1 aliphatic heterocycles. The summed E-state index contributed by atoms with van der Waals surface area (Å²) in [4.78, 5) is 26.8. The Bertz CT molecular complexity index is 1210. The number of carbonyl (C=O) groups excluding carboxylic acids is 1. The molecule has 1 aliphatic rings. The number of nitrogens with one attached hydrogen (secondary N) is 1. The van der Waals surface area contributed by atoms with E-state index in [0.29, 0.717) is 34.4 Å². The zero-order valence-electron chi connectivity index (χ0n) is 18.8. The van der Waals surface area contributed by atoms with Crippen molar-refractivity contribution in [1.29, 1.82) is 0 Å². The van der Waals surface area contributed by atoms with Crippen molar-refractivity contribution in [2.45, 2.75) is 38.8 Å². The number of rotatable bonds is 7. The number of carbonyl (C=O) groups is 1. The molecular weight excluding hydrogens is 408 g/mol. The van der Waals surface area contributed by atoms with Crippen LogP contribution in [0.2, 0.25) is 0 Å². The monoisotopic (exact) mass is 436 g/mol. The highest BCUT2D eigenvalue weighted by Crippen LogP contribution is 2.34. The van der Waals surface area contributed by atoms with E-state index < -0.39 is 0 Å². The molecule has 1 aromatic heterocycles. The highest BCUT2D eigenvalue weighted by atomic mass is 16.5. The minimum atomic E-state index is -0.271. The first kappa shape index (κ1) is 21.7. The molecule has 0 saturated carbocycles. The van der Waals surface area contributed by atoms with Crippen molar-refractivity contribution < 1.29 is 19.0 Å². The fourth-order valence-corrected chi connectivity index (χ4v) is 4.34. The third kappa shape index (κ3) is 3.68. The normalized spacial score (nSPS) is 14.8. The number of aromatic nitrogens is 1. The number of pyridine rings is 1. The Hall–Kier alpha value is -3.48.